The fourth-order valence-corrected chi connectivity index (χ4v) is 3.06. The number of hydrogen-bond donors (Lipinski definition) is 2. The molecule has 2 fully saturated rings. The van der Waals surface area contributed by atoms with Crippen molar-refractivity contribution in [1.82, 2.24) is 10.2 Å². The first-order valence-corrected chi connectivity index (χ1v) is 6.94. The van der Waals surface area contributed by atoms with Crippen LogP contribution in [0.2, 0.25) is 0 Å². The topological polar surface area (TPSA) is 75.4 Å². The number of halogens is 1. The number of nitrogens with two attached hydrogens (primary N) is 1. The lowest BCUT2D eigenvalue weighted by Gasteiger charge is -2.21. The molecule has 0 spiro atoms. The van der Waals surface area contributed by atoms with E-state index < -0.39 is 0 Å². The first-order valence-electron chi connectivity index (χ1n) is 6.94. The van der Waals surface area contributed by atoms with Crippen LogP contribution in [0.4, 0.5) is 0 Å². The second-order valence-electron chi connectivity index (χ2n) is 5.38. The maximum absolute atomic E-state index is 12.1. The standard InChI is InChI=1S/C13H23N3O2.ClH/c1-2-16-8-10(6-12(16)17)13(18)15-11-5-3-4-9(11)7-14;/h9-11H,2-8,14H2,1H3,(H,15,18);1H. The summed E-state index contributed by atoms with van der Waals surface area (Å²) >= 11 is 0. The summed E-state index contributed by atoms with van der Waals surface area (Å²) in [6.45, 7) is 3.84. The van der Waals surface area contributed by atoms with Gasteiger partial charge in [0.2, 0.25) is 11.8 Å². The van der Waals surface area contributed by atoms with Gasteiger partial charge in [-0.25, -0.2) is 0 Å². The van der Waals surface area contributed by atoms with E-state index in [1.807, 2.05) is 6.92 Å². The average molecular weight is 290 g/mol. The summed E-state index contributed by atoms with van der Waals surface area (Å²) in [6.07, 6.45) is 3.62. The number of amides is 2. The number of nitrogens with one attached hydrogen (secondary N) is 1. The number of carbonyl (C=O) groups excluding carboxylic acids is 2. The van der Waals surface area contributed by atoms with E-state index in [9.17, 15) is 9.59 Å². The van der Waals surface area contributed by atoms with Crippen LogP contribution < -0.4 is 11.1 Å². The number of rotatable bonds is 4. The van der Waals surface area contributed by atoms with Crippen LogP contribution in [0.1, 0.15) is 32.6 Å². The Morgan fingerprint density at radius 1 is 1.47 bits per heavy atom. The molecule has 1 aliphatic carbocycles. The van der Waals surface area contributed by atoms with Gasteiger partial charge in [-0.1, -0.05) is 6.42 Å². The fourth-order valence-electron chi connectivity index (χ4n) is 3.06. The third kappa shape index (κ3) is 3.60. The smallest absolute Gasteiger partial charge is 0.225 e. The largest absolute Gasteiger partial charge is 0.353 e. The zero-order chi connectivity index (χ0) is 13.1. The number of carbonyl (C=O) groups is 2. The van der Waals surface area contributed by atoms with E-state index in [1.54, 1.807) is 4.90 Å². The van der Waals surface area contributed by atoms with Gasteiger partial charge in [0.25, 0.3) is 0 Å². The Bertz CT molecular complexity index is 338. The molecule has 3 unspecified atom stereocenters. The molecule has 3 N–H and O–H groups in total. The fraction of sp³-hybridized carbons (Fsp3) is 0.846. The molecule has 19 heavy (non-hydrogen) atoms. The molecule has 0 bridgehead atoms. The summed E-state index contributed by atoms with van der Waals surface area (Å²) in [5.41, 5.74) is 5.71. The maximum atomic E-state index is 12.1. The number of hydrogen-bond acceptors (Lipinski definition) is 3. The van der Waals surface area contributed by atoms with Crippen LogP contribution in [0.5, 0.6) is 0 Å². The highest BCUT2D eigenvalue weighted by Gasteiger charge is 2.35. The lowest BCUT2D eigenvalue weighted by atomic mass is 10.0. The predicted octanol–water partition coefficient (Wildman–Crippen LogP) is 0.520. The van der Waals surface area contributed by atoms with Crippen molar-refractivity contribution in [2.24, 2.45) is 17.6 Å². The van der Waals surface area contributed by atoms with Crippen LogP contribution in [-0.2, 0) is 9.59 Å². The molecule has 0 aromatic rings. The number of likely N-dealkylation sites (tertiary alicyclic amines) is 1. The van der Waals surface area contributed by atoms with Crippen molar-refractivity contribution in [1.29, 1.82) is 0 Å². The van der Waals surface area contributed by atoms with Crippen molar-refractivity contribution in [2.45, 2.75) is 38.6 Å². The van der Waals surface area contributed by atoms with Gasteiger partial charge in [-0.05, 0) is 32.2 Å². The van der Waals surface area contributed by atoms with Crippen LogP contribution in [0, 0.1) is 11.8 Å². The molecule has 2 rings (SSSR count). The SMILES string of the molecule is CCN1CC(C(=O)NC2CCCC2CN)CC1=O.Cl. The molecule has 2 amide bonds. The highest BCUT2D eigenvalue weighted by Crippen LogP contribution is 2.26. The van der Waals surface area contributed by atoms with E-state index in [1.165, 1.54) is 0 Å². The molecule has 3 atom stereocenters. The monoisotopic (exact) mass is 289 g/mol. The summed E-state index contributed by atoms with van der Waals surface area (Å²) in [7, 11) is 0. The Labute approximate surface area is 120 Å². The van der Waals surface area contributed by atoms with E-state index in [0.29, 0.717) is 32.0 Å². The highest BCUT2D eigenvalue weighted by atomic mass is 35.5. The van der Waals surface area contributed by atoms with Crippen molar-refractivity contribution in [3.05, 3.63) is 0 Å². The van der Waals surface area contributed by atoms with Crippen molar-refractivity contribution in [2.75, 3.05) is 19.6 Å². The molecule has 1 saturated carbocycles. The molecule has 1 saturated heterocycles. The van der Waals surface area contributed by atoms with Crippen molar-refractivity contribution < 1.29 is 9.59 Å². The minimum atomic E-state index is -0.170. The minimum Gasteiger partial charge on any atom is -0.353 e. The summed E-state index contributed by atoms with van der Waals surface area (Å²) in [6, 6.07) is 0.216. The van der Waals surface area contributed by atoms with Gasteiger partial charge < -0.3 is 16.0 Å². The highest BCUT2D eigenvalue weighted by molar-refractivity contribution is 5.89. The number of nitrogens with zero attached hydrogens (tertiary/aromatic N) is 1. The van der Waals surface area contributed by atoms with Crippen molar-refractivity contribution >= 4 is 24.2 Å². The molecule has 0 radical (unpaired) electrons. The first-order chi connectivity index (χ1) is 8.65. The third-order valence-electron chi connectivity index (χ3n) is 4.26. The second kappa shape index (κ2) is 7.10. The van der Waals surface area contributed by atoms with E-state index in [-0.39, 0.29) is 36.2 Å². The molecule has 6 heteroatoms. The molecule has 0 aromatic carbocycles. The molecule has 110 valence electrons. The molecular formula is C13H24ClN3O2. The normalized spacial score (nSPS) is 30.3. The molecule has 5 nitrogen and oxygen atoms in total. The van der Waals surface area contributed by atoms with Crippen LogP contribution in [0.15, 0.2) is 0 Å². The lowest BCUT2D eigenvalue weighted by Crippen LogP contribution is -2.43. The van der Waals surface area contributed by atoms with E-state index >= 15 is 0 Å². The van der Waals surface area contributed by atoms with Gasteiger partial charge in [-0.3, -0.25) is 9.59 Å². The Hall–Kier alpha value is -0.810. The second-order valence-corrected chi connectivity index (χ2v) is 5.38. The Morgan fingerprint density at radius 2 is 2.21 bits per heavy atom. The van der Waals surface area contributed by atoms with E-state index in [4.69, 9.17) is 5.73 Å². The van der Waals surface area contributed by atoms with E-state index in [2.05, 4.69) is 5.32 Å². The minimum absolute atomic E-state index is 0. The quantitative estimate of drug-likeness (QED) is 0.792. The van der Waals surface area contributed by atoms with Crippen LogP contribution in [0.25, 0.3) is 0 Å². The van der Waals surface area contributed by atoms with Crippen molar-refractivity contribution in [3.8, 4) is 0 Å². The summed E-state index contributed by atoms with van der Waals surface area (Å²) in [5, 5.41) is 3.09. The zero-order valence-corrected chi connectivity index (χ0v) is 12.2. The summed E-state index contributed by atoms with van der Waals surface area (Å²) in [4.78, 5) is 25.5. The third-order valence-corrected chi connectivity index (χ3v) is 4.26. The Kier molecular flexibility index (Phi) is 6.07. The van der Waals surface area contributed by atoms with Gasteiger partial charge in [0.15, 0.2) is 0 Å². The van der Waals surface area contributed by atoms with E-state index in [0.717, 1.165) is 19.3 Å². The average Bonchev–Trinajstić information content (AvgIpc) is 2.95. The summed E-state index contributed by atoms with van der Waals surface area (Å²) in [5.74, 6) is 0.369. The lowest BCUT2D eigenvalue weighted by molar-refractivity contribution is -0.129. The van der Waals surface area contributed by atoms with Gasteiger partial charge in [-0.2, -0.15) is 0 Å². The predicted molar refractivity (Wildman–Crippen MR) is 75.9 cm³/mol. The first kappa shape index (κ1) is 16.2. The van der Waals surface area contributed by atoms with Crippen molar-refractivity contribution in [3.63, 3.8) is 0 Å². The van der Waals surface area contributed by atoms with Crippen LogP contribution in [0.3, 0.4) is 0 Å². The van der Waals surface area contributed by atoms with Gasteiger partial charge in [0.05, 0.1) is 5.92 Å². The molecule has 1 aliphatic heterocycles. The molecule has 0 aromatic heterocycles. The molecule has 1 heterocycles. The molecule has 2 aliphatic rings. The zero-order valence-electron chi connectivity index (χ0n) is 11.4. The summed E-state index contributed by atoms with van der Waals surface area (Å²) < 4.78 is 0. The molecular weight excluding hydrogens is 266 g/mol. The Morgan fingerprint density at radius 3 is 2.79 bits per heavy atom. The maximum Gasteiger partial charge on any atom is 0.225 e. The van der Waals surface area contributed by atoms with Crippen LogP contribution in [-0.4, -0.2) is 42.4 Å². The Balaban J connectivity index is 0.00000180. The van der Waals surface area contributed by atoms with Crippen LogP contribution >= 0.6 is 12.4 Å². The van der Waals surface area contributed by atoms with Gasteiger partial charge in [0.1, 0.15) is 0 Å². The van der Waals surface area contributed by atoms with Gasteiger partial charge >= 0.3 is 0 Å². The van der Waals surface area contributed by atoms with Gasteiger partial charge in [0, 0.05) is 25.6 Å². The van der Waals surface area contributed by atoms with Gasteiger partial charge in [-0.15, -0.1) is 12.4 Å².